The highest BCUT2D eigenvalue weighted by molar-refractivity contribution is 5.94. The van der Waals surface area contributed by atoms with E-state index in [0.717, 1.165) is 24.0 Å². The van der Waals surface area contributed by atoms with Crippen LogP contribution in [0.2, 0.25) is 0 Å². The number of carbonyl (C=O) groups is 2. The second-order valence-electron chi connectivity index (χ2n) is 5.90. The predicted octanol–water partition coefficient (Wildman–Crippen LogP) is 2.82. The first-order chi connectivity index (χ1) is 11.0. The van der Waals surface area contributed by atoms with Gasteiger partial charge in [0.1, 0.15) is 6.61 Å². The van der Waals surface area contributed by atoms with E-state index >= 15 is 0 Å². The predicted molar refractivity (Wildman–Crippen MR) is 89.5 cm³/mol. The lowest BCUT2D eigenvalue weighted by atomic mass is 10.0. The van der Waals surface area contributed by atoms with E-state index in [1.54, 1.807) is 0 Å². The third kappa shape index (κ3) is 4.58. The molecule has 0 spiro atoms. The van der Waals surface area contributed by atoms with Crippen LogP contribution in [-0.4, -0.2) is 42.6 Å². The van der Waals surface area contributed by atoms with Crippen LogP contribution >= 0.6 is 0 Å². The van der Waals surface area contributed by atoms with E-state index in [-0.39, 0.29) is 18.6 Å². The molecule has 2 amide bonds. The molecule has 5 heteroatoms. The molecule has 5 nitrogen and oxygen atoms in total. The Morgan fingerprint density at radius 3 is 2.61 bits per heavy atom. The van der Waals surface area contributed by atoms with Gasteiger partial charge in [0, 0.05) is 24.7 Å². The van der Waals surface area contributed by atoms with E-state index in [2.05, 4.69) is 11.9 Å². The van der Waals surface area contributed by atoms with Gasteiger partial charge in [0.25, 0.3) is 5.91 Å². The zero-order valence-corrected chi connectivity index (χ0v) is 13.8. The minimum atomic E-state index is -0.427. The van der Waals surface area contributed by atoms with Gasteiger partial charge in [-0.15, -0.1) is 0 Å². The molecule has 0 bridgehead atoms. The van der Waals surface area contributed by atoms with Gasteiger partial charge < -0.3 is 15.0 Å². The second-order valence-corrected chi connectivity index (χ2v) is 5.90. The number of rotatable bonds is 4. The fourth-order valence-electron chi connectivity index (χ4n) is 2.63. The number of nitrogens with zero attached hydrogens (tertiary/aromatic N) is 1. The van der Waals surface area contributed by atoms with Crippen molar-refractivity contribution in [1.82, 2.24) is 10.2 Å². The molecule has 0 radical (unpaired) electrons. The van der Waals surface area contributed by atoms with Gasteiger partial charge in [-0.05, 0) is 49.9 Å². The van der Waals surface area contributed by atoms with Crippen LogP contribution in [0.1, 0.15) is 34.3 Å². The number of ether oxygens (including phenoxy) is 1. The minimum absolute atomic E-state index is 0.0520. The molecule has 1 heterocycles. The summed E-state index contributed by atoms with van der Waals surface area (Å²) in [5.41, 5.74) is 3.03. The second kappa shape index (κ2) is 7.81. The quantitative estimate of drug-likeness (QED) is 0.869. The van der Waals surface area contributed by atoms with Crippen molar-refractivity contribution in [3.8, 4) is 0 Å². The van der Waals surface area contributed by atoms with E-state index in [9.17, 15) is 9.59 Å². The first kappa shape index (κ1) is 17.1. The fraction of sp³-hybridized carbons (Fsp3) is 0.444. The maximum absolute atomic E-state index is 12.5. The smallest absolute Gasteiger partial charge is 0.407 e. The summed E-state index contributed by atoms with van der Waals surface area (Å²) in [6.45, 7) is 9.02. The molecule has 1 fully saturated rings. The Morgan fingerprint density at radius 1 is 1.30 bits per heavy atom. The van der Waals surface area contributed by atoms with Gasteiger partial charge in [0.2, 0.25) is 0 Å². The first-order valence-electron chi connectivity index (χ1n) is 7.92. The number of amides is 2. The summed E-state index contributed by atoms with van der Waals surface area (Å²) >= 11 is 0. The van der Waals surface area contributed by atoms with Crippen molar-refractivity contribution < 1.29 is 14.3 Å². The molecule has 1 N–H and O–H groups in total. The van der Waals surface area contributed by atoms with Crippen molar-refractivity contribution in [2.75, 3.05) is 19.7 Å². The average Bonchev–Trinajstić information content (AvgIpc) is 2.55. The van der Waals surface area contributed by atoms with Crippen LogP contribution in [0, 0.1) is 13.8 Å². The molecule has 1 aliphatic heterocycles. The Morgan fingerprint density at radius 2 is 2.00 bits per heavy atom. The summed E-state index contributed by atoms with van der Waals surface area (Å²) in [6, 6.07) is 5.85. The third-order valence-corrected chi connectivity index (χ3v) is 4.19. The molecule has 0 atom stereocenters. The molecular formula is C18H24N2O3. The van der Waals surface area contributed by atoms with Crippen LogP contribution in [-0.2, 0) is 4.74 Å². The molecule has 1 aromatic rings. The Balaban J connectivity index is 1.86. The summed E-state index contributed by atoms with van der Waals surface area (Å²) in [6.07, 6.45) is 2.58. The highest BCUT2D eigenvalue weighted by Crippen LogP contribution is 2.16. The number of benzene rings is 1. The molecule has 0 aromatic heterocycles. The monoisotopic (exact) mass is 316 g/mol. The normalized spacial score (nSPS) is 15.1. The molecular weight excluding hydrogens is 292 g/mol. The number of hydrogen-bond acceptors (Lipinski definition) is 3. The van der Waals surface area contributed by atoms with Crippen LogP contribution in [0.25, 0.3) is 0 Å². The number of piperidine rings is 1. The molecule has 1 saturated heterocycles. The van der Waals surface area contributed by atoms with Gasteiger partial charge in [0.15, 0.2) is 0 Å². The third-order valence-electron chi connectivity index (χ3n) is 4.19. The zero-order valence-electron chi connectivity index (χ0n) is 13.8. The van der Waals surface area contributed by atoms with Crippen molar-refractivity contribution in [2.45, 2.75) is 32.7 Å². The summed E-state index contributed by atoms with van der Waals surface area (Å²) in [7, 11) is 0. The minimum Gasteiger partial charge on any atom is -0.445 e. The fourth-order valence-corrected chi connectivity index (χ4v) is 2.63. The largest absolute Gasteiger partial charge is 0.445 e. The van der Waals surface area contributed by atoms with Crippen molar-refractivity contribution in [3.63, 3.8) is 0 Å². The Kier molecular flexibility index (Phi) is 5.79. The van der Waals surface area contributed by atoms with Gasteiger partial charge in [-0.1, -0.05) is 18.7 Å². The molecule has 1 aliphatic rings. The van der Waals surface area contributed by atoms with Crippen LogP contribution in [0.15, 0.2) is 30.9 Å². The van der Waals surface area contributed by atoms with Crippen LogP contribution in [0.5, 0.6) is 0 Å². The number of aryl methyl sites for hydroxylation is 2. The molecule has 0 aliphatic carbocycles. The van der Waals surface area contributed by atoms with E-state index in [0.29, 0.717) is 13.1 Å². The molecule has 1 aromatic carbocycles. The Labute approximate surface area is 137 Å². The van der Waals surface area contributed by atoms with Crippen molar-refractivity contribution >= 4 is 12.0 Å². The van der Waals surface area contributed by atoms with Crippen LogP contribution in [0.4, 0.5) is 4.79 Å². The lowest BCUT2D eigenvalue weighted by molar-refractivity contribution is 0.0703. The number of nitrogens with one attached hydrogen (secondary N) is 1. The molecule has 0 saturated carbocycles. The summed E-state index contributed by atoms with van der Waals surface area (Å²) in [5.74, 6) is 0.0563. The highest BCUT2D eigenvalue weighted by atomic mass is 16.5. The van der Waals surface area contributed by atoms with Crippen LogP contribution < -0.4 is 5.32 Å². The number of carbonyl (C=O) groups excluding carboxylic acids is 2. The Bertz CT molecular complexity index is 590. The summed E-state index contributed by atoms with van der Waals surface area (Å²) in [4.78, 5) is 25.9. The number of alkyl carbamates (subject to hydrolysis) is 1. The van der Waals surface area contributed by atoms with E-state index < -0.39 is 6.09 Å². The summed E-state index contributed by atoms with van der Waals surface area (Å²) < 4.78 is 4.91. The van der Waals surface area contributed by atoms with E-state index in [1.807, 2.05) is 36.9 Å². The first-order valence-corrected chi connectivity index (χ1v) is 7.92. The van der Waals surface area contributed by atoms with Crippen molar-refractivity contribution in [2.24, 2.45) is 0 Å². The number of hydrogen-bond donors (Lipinski definition) is 1. The maximum Gasteiger partial charge on any atom is 0.407 e. The van der Waals surface area contributed by atoms with Crippen molar-refractivity contribution in [1.29, 1.82) is 0 Å². The van der Waals surface area contributed by atoms with Gasteiger partial charge in [0.05, 0.1) is 0 Å². The van der Waals surface area contributed by atoms with Gasteiger partial charge in [-0.3, -0.25) is 4.79 Å². The van der Waals surface area contributed by atoms with Gasteiger partial charge in [-0.25, -0.2) is 4.79 Å². The molecule has 2 rings (SSSR count). The SMILES string of the molecule is C=CCOC(=O)NC1CCN(C(=O)c2ccc(C)c(C)c2)CC1. The standard InChI is InChI=1S/C18H24N2O3/c1-4-11-23-18(22)19-16-7-9-20(10-8-16)17(21)15-6-5-13(2)14(3)12-15/h4-6,12,16H,1,7-11H2,2-3H3,(H,19,22). The van der Waals surface area contributed by atoms with Crippen LogP contribution in [0.3, 0.4) is 0 Å². The lowest BCUT2D eigenvalue weighted by Crippen LogP contribution is -2.46. The van der Waals surface area contributed by atoms with E-state index in [4.69, 9.17) is 4.74 Å². The molecule has 23 heavy (non-hydrogen) atoms. The lowest BCUT2D eigenvalue weighted by Gasteiger charge is -2.32. The molecule has 0 unspecified atom stereocenters. The number of likely N-dealkylation sites (tertiary alicyclic amines) is 1. The van der Waals surface area contributed by atoms with Crippen molar-refractivity contribution in [3.05, 3.63) is 47.5 Å². The topological polar surface area (TPSA) is 58.6 Å². The highest BCUT2D eigenvalue weighted by Gasteiger charge is 2.25. The molecule has 124 valence electrons. The van der Waals surface area contributed by atoms with E-state index in [1.165, 1.54) is 11.6 Å². The Hall–Kier alpha value is -2.30. The van der Waals surface area contributed by atoms with Gasteiger partial charge >= 0.3 is 6.09 Å². The van der Waals surface area contributed by atoms with Gasteiger partial charge in [-0.2, -0.15) is 0 Å². The summed E-state index contributed by atoms with van der Waals surface area (Å²) in [5, 5.41) is 2.82. The zero-order chi connectivity index (χ0) is 16.8. The maximum atomic E-state index is 12.5. The average molecular weight is 316 g/mol.